The van der Waals surface area contributed by atoms with Gasteiger partial charge >= 0.3 is 12.4 Å². The summed E-state index contributed by atoms with van der Waals surface area (Å²) in [6.45, 7) is 3.87. The summed E-state index contributed by atoms with van der Waals surface area (Å²) in [4.78, 5) is 4.53. The minimum atomic E-state index is -4.91. The van der Waals surface area contributed by atoms with Crippen LogP contribution in [0, 0.1) is 0 Å². The van der Waals surface area contributed by atoms with Gasteiger partial charge < -0.3 is 10.4 Å². The van der Waals surface area contributed by atoms with Crippen LogP contribution in [0.3, 0.4) is 0 Å². The standard InChI is InChI=1S/C32H35F6N3O/c33-31(34,35)26-19-23(20-27(22-26)32(36,37)38)21-28(24-7-3-1-4-8-24)29(41-17-13-39-14-18-41)40-15-11-30(42,12-16-40)25-9-5-2-6-10-25/h1-10,19-20,22,28-29,39,42H,11-18,21H2. The quantitative estimate of drug-likeness (QED) is 0.318. The van der Waals surface area contributed by atoms with Gasteiger partial charge in [0.2, 0.25) is 0 Å². The van der Waals surface area contributed by atoms with Gasteiger partial charge in [0.15, 0.2) is 0 Å². The lowest BCUT2D eigenvalue weighted by molar-refractivity contribution is -0.143. The van der Waals surface area contributed by atoms with Gasteiger partial charge in [-0.1, -0.05) is 60.7 Å². The van der Waals surface area contributed by atoms with E-state index in [0.29, 0.717) is 39.0 Å². The number of halogens is 6. The van der Waals surface area contributed by atoms with Crippen LogP contribution in [0.4, 0.5) is 26.3 Å². The summed E-state index contributed by atoms with van der Waals surface area (Å²) in [5, 5.41) is 14.8. The van der Waals surface area contributed by atoms with E-state index < -0.39 is 35.0 Å². The van der Waals surface area contributed by atoms with Crippen molar-refractivity contribution in [1.29, 1.82) is 0 Å². The van der Waals surface area contributed by atoms with Crippen molar-refractivity contribution in [3.8, 4) is 0 Å². The first-order valence-electron chi connectivity index (χ1n) is 14.2. The molecule has 2 fully saturated rings. The fraction of sp³-hybridized carbons (Fsp3) is 0.438. The summed E-state index contributed by atoms with van der Waals surface area (Å²) in [6.07, 6.45) is -9.20. The fourth-order valence-electron chi connectivity index (χ4n) is 6.37. The largest absolute Gasteiger partial charge is 0.416 e. The first-order chi connectivity index (χ1) is 19.9. The molecule has 0 radical (unpaired) electrons. The number of rotatable bonds is 7. The average molecular weight is 592 g/mol. The summed E-state index contributed by atoms with van der Waals surface area (Å²) in [5.41, 5.74) is -1.93. The second-order valence-corrected chi connectivity index (χ2v) is 11.3. The minimum Gasteiger partial charge on any atom is -0.385 e. The van der Waals surface area contributed by atoms with Gasteiger partial charge in [0.25, 0.3) is 0 Å². The van der Waals surface area contributed by atoms with Crippen molar-refractivity contribution in [2.24, 2.45) is 0 Å². The molecule has 2 aliphatic rings. The normalized spacial score (nSPS) is 20.3. The molecule has 0 amide bonds. The van der Waals surface area contributed by atoms with E-state index in [4.69, 9.17) is 0 Å². The van der Waals surface area contributed by atoms with Gasteiger partial charge in [0, 0.05) is 45.2 Å². The lowest BCUT2D eigenvalue weighted by Gasteiger charge is -2.49. The van der Waals surface area contributed by atoms with E-state index >= 15 is 0 Å². The Morgan fingerprint density at radius 2 is 1.21 bits per heavy atom. The zero-order valence-electron chi connectivity index (χ0n) is 23.1. The molecular weight excluding hydrogens is 556 g/mol. The summed E-state index contributed by atoms with van der Waals surface area (Å²) >= 11 is 0. The number of alkyl halides is 6. The molecule has 2 heterocycles. The molecule has 3 aromatic rings. The zero-order valence-corrected chi connectivity index (χ0v) is 23.1. The highest BCUT2D eigenvalue weighted by Crippen LogP contribution is 2.40. The molecule has 0 saturated carbocycles. The summed E-state index contributed by atoms with van der Waals surface area (Å²) < 4.78 is 82.4. The van der Waals surface area contributed by atoms with Crippen molar-refractivity contribution in [2.45, 2.75) is 49.3 Å². The monoisotopic (exact) mass is 591 g/mol. The van der Waals surface area contributed by atoms with Crippen LogP contribution >= 0.6 is 0 Å². The fourth-order valence-corrected chi connectivity index (χ4v) is 6.37. The van der Waals surface area contributed by atoms with E-state index in [-0.39, 0.29) is 24.2 Å². The highest BCUT2D eigenvalue weighted by Gasteiger charge is 2.42. The number of hydrogen-bond acceptors (Lipinski definition) is 4. The zero-order chi connectivity index (χ0) is 30.0. The third-order valence-corrected chi connectivity index (χ3v) is 8.53. The molecule has 0 bridgehead atoms. The Balaban J connectivity index is 1.53. The SMILES string of the molecule is OC1(c2ccccc2)CCN(C(C(Cc2cc(C(F)(F)F)cc(C(F)(F)F)c2)c2ccccc2)N2CCNCC2)CC1. The molecule has 5 rings (SSSR count). The van der Waals surface area contributed by atoms with E-state index in [9.17, 15) is 31.4 Å². The van der Waals surface area contributed by atoms with Crippen LogP contribution < -0.4 is 5.32 Å². The molecule has 0 aliphatic carbocycles. The molecule has 4 nitrogen and oxygen atoms in total. The number of aliphatic hydroxyl groups is 1. The van der Waals surface area contributed by atoms with Gasteiger partial charge in [0.1, 0.15) is 0 Å². The molecular formula is C32H35F6N3O. The van der Waals surface area contributed by atoms with Gasteiger partial charge in [-0.15, -0.1) is 0 Å². The number of likely N-dealkylation sites (tertiary alicyclic amines) is 1. The van der Waals surface area contributed by atoms with Gasteiger partial charge in [-0.25, -0.2) is 0 Å². The maximum absolute atomic E-state index is 13.7. The van der Waals surface area contributed by atoms with Gasteiger partial charge in [0.05, 0.1) is 22.9 Å². The Hall–Kier alpha value is -2.92. The number of piperazine rings is 1. The molecule has 0 aromatic heterocycles. The maximum Gasteiger partial charge on any atom is 0.416 e. The molecule has 226 valence electrons. The Morgan fingerprint density at radius 1 is 0.714 bits per heavy atom. The van der Waals surface area contributed by atoms with Crippen molar-refractivity contribution in [3.63, 3.8) is 0 Å². The van der Waals surface area contributed by atoms with E-state index in [0.717, 1.165) is 36.3 Å². The predicted octanol–water partition coefficient (Wildman–Crippen LogP) is 6.27. The maximum atomic E-state index is 13.7. The van der Waals surface area contributed by atoms with E-state index in [1.807, 2.05) is 60.7 Å². The molecule has 0 spiro atoms. The Morgan fingerprint density at radius 3 is 1.74 bits per heavy atom. The Labute approximate surface area is 242 Å². The molecule has 2 aliphatic heterocycles. The molecule has 42 heavy (non-hydrogen) atoms. The highest BCUT2D eigenvalue weighted by molar-refractivity contribution is 5.36. The van der Waals surface area contributed by atoms with Crippen LogP contribution in [-0.4, -0.2) is 60.3 Å². The van der Waals surface area contributed by atoms with Crippen molar-refractivity contribution in [2.75, 3.05) is 39.3 Å². The Bertz CT molecular complexity index is 1270. The number of nitrogens with zero attached hydrogens (tertiary/aromatic N) is 2. The molecule has 2 atom stereocenters. The number of nitrogens with one attached hydrogen (secondary N) is 1. The van der Waals surface area contributed by atoms with Gasteiger partial charge in [-0.05, 0) is 54.2 Å². The lowest BCUT2D eigenvalue weighted by Crippen LogP contribution is -2.60. The van der Waals surface area contributed by atoms with Crippen LogP contribution in [0.2, 0.25) is 0 Å². The molecule has 2 N–H and O–H groups in total. The molecule has 3 aromatic carbocycles. The van der Waals surface area contributed by atoms with Crippen molar-refractivity contribution in [3.05, 3.63) is 107 Å². The highest BCUT2D eigenvalue weighted by atomic mass is 19.4. The first-order valence-corrected chi connectivity index (χ1v) is 14.2. The molecule has 2 unspecified atom stereocenters. The van der Waals surface area contributed by atoms with E-state index in [2.05, 4.69) is 15.1 Å². The second-order valence-electron chi connectivity index (χ2n) is 11.3. The summed E-state index contributed by atoms with van der Waals surface area (Å²) in [6, 6.07) is 20.7. The van der Waals surface area contributed by atoms with Crippen LogP contribution in [0.15, 0.2) is 78.9 Å². The number of benzene rings is 3. The summed E-state index contributed by atoms with van der Waals surface area (Å²) in [5.74, 6) is -0.420. The smallest absolute Gasteiger partial charge is 0.385 e. The molecule has 10 heteroatoms. The third-order valence-electron chi connectivity index (χ3n) is 8.53. The van der Waals surface area contributed by atoms with Crippen LogP contribution in [0.1, 0.15) is 46.6 Å². The van der Waals surface area contributed by atoms with Gasteiger partial charge in [-0.3, -0.25) is 9.80 Å². The topological polar surface area (TPSA) is 38.7 Å². The van der Waals surface area contributed by atoms with Crippen molar-refractivity contribution in [1.82, 2.24) is 15.1 Å². The predicted molar refractivity (Wildman–Crippen MR) is 149 cm³/mol. The van der Waals surface area contributed by atoms with Crippen LogP contribution in [0.25, 0.3) is 0 Å². The average Bonchev–Trinajstić information content (AvgIpc) is 2.98. The number of hydrogen-bond donors (Lipinski definition) is 2. The van der Waals surface area contributed by atoms with Crippen LogP contribution in [0.5, 0.6) is 0 Å². The molecule has 2 saturated heterocycles. The van der Waals surface area contributed by atoms with Crippen LogP contribution in [-0.2, 0) is 24.4 Å². The minimum absolute atomic E-state index is 0.00887. The second kappa shape index (κ2) is 12.4. The Kier molecular flexibility index (Phi) is 8.99. The first kappa shape index (κ1) is 30.5. The van der Waals surface area contributed by atoms with E-state index in [1.165, 1.54) is 0 Å². The van der Waals surface area contributed by atoms with E-state index in [1.54, 1.807) is 0 Å². The lowest BCUT2D eigenvalue weighted by atomic mass is 9.82. The summed E-state index contributed by atoms with van der Waals surface area (Å²) in [7, 11) is 0. The number of piperidine rings is 1. The van der Waals surface area contributed by atoms with Gasteiger partial charge in [-0.2, -0.15) is 26.3 Å². The van der Waals surface area contributed by atoms with Crippen molar-refractivity contribution < 1.29 is 31.4 Å². The van der Waals surface area contributed by atoms with Crippen molar-refractivity contribution >= 4 is 0 Å². The third kappa shape index (κ3) is 6.99.